The first-order valence-electron chi connectivity index (χ1n) is 29.8. The van der Waals surface area contributed by atoms with Crippen LogP contribution in [0.4, 0.5) is 0 Å². The average molecular weight is 908 g/mol. The molecule has 0 spiro atoms. The molecule has 15 rings (SSSR count). The molecule has 3 N–H and O–H groups in total. The smallest absolute Gasteiger partial charge is 0.306 e. The van der Waals surface area contributed by atoms with E-state index in [9.17, 15) is 9.90 Å². The van der Waals surface area contributed by atoms with Gasteiger partial charge in [-0.2, -0.15) is 0 Å². The lowest BCUT2D eigenvalue weighted by Crippen LogP contribution is -2.59. The van der Waals surface area contributed by atoms with E-state index in [2.05, 4.69) is 0 Å². The van der Waals surface area contributed by atoms with Crippen LogP contribution in [0.25, 0.3) is 0 Å². The van der Waals surface area contributed by atoms with Crippen molar-refractivity contribution in [2.24, 2.45) is 136 Å². The van der Waals surface area contributed by atoms with Gasteiger partial charge in [0.1, 0.15) is 0 Å². The van der Waals surface area contributed by atoms with E-state index < -0.39 is 5.97 Å². The standard InChI is InChI=1S/C59H89NO6/c60-58-48-20-34-8-30-4-2-1-3-29(30)7-31(34)9-39(48)15-40-16-46-19-44-13-33-11-42-17-41-10-32-12-43-18-45-14-35-21-50-47(59(61)62)5-6-63-57(50)27-38(35)26-54(45)65-53(43)23-36(32)22-51(41)64-52(42)24-37(33)25-55(44)66-56(46)28-49(40)58/h29-58H,1-28,60H2,(H,61,62). The van der Waals surface area contributed by atoms with Crippen molar-refractivity contribution in [3.05, 3.63) is 0 Å². The SMILES string of the molecule is NC1C2CC3CC4CCCCC4CC3CC2CC2CC3CC4CC5CC6CC7CC8CC9CC%10CC%11CC%12C(CC%11CC%10OC9CC8CC7OC6CC5CC4OC3CC21)OCCC%12C(=O)O. The summed E-state index contributed by atoms with van der Waals surface area (Å²) in [5.41, 5.74) is 7.49. The summed E-state index contributed by atoms with van der Waals surface area (Å²) in [5.74, 6) is 16.0. The lowest BCUT2D eigenvalue weighted by atomic mass is 9.49. The number of carboxylic acid groups (broad SMARTS) is 1. The fourth-order valence-corrected chi connectivity index (χ4v) is 23.1. The Labute approximate surface area is 398 Å². The molecule has 0 aromatic rings. The largest absolute Gasteiger partial charge is 0.481 e. The van der Waals surface area contributed by atoms with Crippen molar-refractivity contribution in [3.63, 3.8) is 0 Å². The number of carbonyl (C=O) groups is 1. The van der Waals surface area contributed by atoms with Crippen molar-refractivity contribution >= 4 is 5.97 Å². The van der Waals surface area contributed by atoms with Crippen LogP contribution in [0.3, 0.4) is 0 Å². The number of aliphatic carboxylic acids is 1. The van der Waals surface area contributed by atoms with Crippen LogP contribution in [0, 0.1) is 130 Å². The van der Waals surface area contributed by atoms with Gasteiger partial charge >= 0.3 is 5.97 Å². The maximum absolute atomic E-state index is 12.2. The summed E-state index contributed by atoms with van der Waals surface area (Å²) >= 11 is 0. The molecule has 30 atom stereocenters. The molecule has 66 heavy (non-hydrogen) atoms. The van der Waals surface area contributed by atoms with Gasteiger partial charge in [0.15, 0.2) is 0 Å². The summed E-state index contributed by atoms with van der Waals surface area (Å²) in [7, 11) is 0. The van der Waals surface area contributed by atoms with Gasteiger partial charge in [-0.1, -0.05) is 25.7 Å². The Balaban J connectivity index is 0.564. The second-order valence-corrected chi connectivity index (χ2v) is 28.5. The van der Waals surface area contributed by atoms with Crippen molar-refractivity contribution in [1.82, 2.24) is 0 Å². The summed E-state index contributed by atoms with van der Waals surface area (Å²) in [6.45, 7) is 0.618. The molecule has 0 aromatic carbocycles. The molecule has 15 fully saturated rings. The first-order chi connectivity index (χ1) is 32.3. The minimum absolute atomic E-state index is 0.146. The van der Waals surface area contributed by atoms with Crippen LogP contribution in [0.15, 0.2) is 0 Å². The van der Waals surface area contributed by atoms with E-state index in [1.807, 2.05) is 0 Å². The number of rotatable bonds is 1. The minimum Gasteiger partial charge on any atom is -0.481 e. The van der Waals surface area contributed by atoms with Crippen molar-refractivity contribution in [1.29, 1.82) is 0 Å². The number of hydrogen-bond donors (Lipinski definition) is 2. The summed E-state index contributed by atoms with van der Waals surface area (Å²) in [5, 5.41) is 10.0. The lowest BCUT2D eigenvalue weighted by Gasteiger charge is -2.60. The average Bonchev–Trinajstić information content (AvgIpc) is 3.31. The molecular weight excluding hydrogens is 819 g/mol. The van der Waals surface area contributed by atoms with Crippen molar-refractivity contribution in [3.8, 4) is 0 Å². The minimum atomic E-state index is -0.589. The highest BCUT2D eigenvalue weighted by Gasteiger charge is 2.58. The molecule has 0 amide bonds. The summed E-state index contributed by atoms with van der Waals surface area (Å²) in [6.07, 6.45) is 39.6. The van der Waals surface area contributed by atoms with Crippen molar-refractivity contribution in [2.75, 3.05) is 6.61 Å². The number of hydrogen-bond acceptors (Lipinski definition) is 6. The molecule has 11 aliphatic carbocycles. The molecule has 4 aliphatic heterocycles. The molecule has 4 heterocycles. The fraction of sp³-hybridized carbons (Fsp3) is 0.983. The molecule has 4 saturated heterocycles. The Kier molecular flexibility index (Phi) is 10.8. The zero-order valence-electron chi connectivity index (χ0n) is 40.7. The molecule has 366 valence electrons. The van der Waals surface area contributed by atoms with E-state index in [4.69, 9.17) is 24.7 Å². The molecule has 15 aliphatic rings. The van der Waals surface area contributed by atoms with Gasteiger partial charge in [-0.25, -0.2) is 0 Å². The highest BCUT2D eigenvalue weighted by atomic mass is 16.5. The zero-order chi connectivity index (χ0) is 43.5. The van der Waals surface area contributed by atoms with Gasteiger partial charge in [0.2, 0.25) is 0 Å². The van der Waals surface area contributed by atoms with Crippen molar-refractivity contribution < 1.29 is 28.8 Å². The highest BCUT2D eigenvalue weighted by Crippen LogP contribution is 2.62. The third-order valence-corrected chi connectivity index (χ3v) is 25.9. The Bertz CT molecular complexity index is 1820. The second-order valence-electron chi connectivity index (χ2n) is 28.5. The van der Waals surface area contributed by atoms with Crippen LogP contribution < -0.4 is 5.73 Å². The Morgan fingerprint density at radius 2 is 0.652 bits per heavy atom. The van der Waals surface area contributed by atoms with Gasteiger partial charge in [-0.05, 0) is 272 Å². The van der Waals surface area contributed by atoms with E-state index in [-0.39, 0.29) is 17.9 Å². The van der Waals surface area contributed by atoms with E-state index >= 15 is 0 Å². The second kappa shape index (κ2) is 16.7. The number of nitrogens with two attached hydrogens (primary N) is 1. The van der Waals surface area contributed by atoms with Crippen LogP contribution in [-0.2, 0) is 23.7 Å². The summed E-state index contributed by atoms with van der Waals surface area (Å²) < 4.78 is 28.3. The number of ether oxygens (including phenoxy) is 4. The van der Waals surface area contributed by atoms with E-state index in [0.29, 0.717) is 79.4 Å². The first kappa shape index (κ1) is 42.9. The zero-order valence-corrected chi connectivity index (χ0v) is 40.7. The maximum Gasteiger partial charge on any atom is 0.306 e. The number of carboxylic acids is 1. The Morgan fingerprint density at radius 1 is 0.333 bits per heavy atom. The van der Waals surface area contributed by atoms with Gasteiger partial charge in [0, 0.05) is 12.6 Å². The summed E-state index contributed by atoms with van der Waals surface area (Å²) in [4.78, 5) is 12.2. The molecular formula is C59H89NO6. The van der Waals surface area contributed by atoms with Crippen LogP contribution in [0.1, 0.15) is 173 Å². The van der Waals surface area contributed by atoms with Crippen molar-refractivity contribution in [2.45, 2.75) is 222 Å². The normalized spacial score (nSPS) is 61.1. The molecule has 7 nitrogen and oxygen atoms in total. The maximum atomic E-state index is 12.2. The van der Waals surface area contributed by atoms with E-state index in [0.717, 1.165) is 108 Å². The third-order valence-electron chi connectivity index (χ3n) is 25.9. The van der Waals surface area contributed by atoms with Gasteiger partial charge in [-0.3, -0.25) is 4.79 Å². The molecule has 7 heteroatoms. The molecule has 11 saturated carbocycles. The van der Waals surface area contributed by atoms with Gasteiger partial charge in [0.05, 0.1) is 48.6 Å². The number of fused-ring (bicyclic) bond motifs is 14. The molecule has 30 unspecified atom stereocenters. The molecule has 0 bridgehead atoms. The van der Waals surface area contributed by atoms with Crippen LogP contribution in [0.2, 0.25) is 0 Å². The van der Waals surface area contributed by atoms with E-state index in [1.165, 1.54) is 141 Å². The summed E-state index contributed by atoms with van der Waals surface area (Å²) in [6, 6.07) is 0.423. The quantitative estimate of drug-likeness (QED) is 0.270. The molecule has 0 radical (unpaired) electrons. The molecule has 0 aromatic heterocycles. The van der Waals surface area contributed by atoms with Crippen LogP contribution in [-0.4, -0.2) is 66.5 Å². The Hall–Kier alpha value is -0.730. The van der Waals surface area contributed by atoms with Gasteiger partial charge in [0.25, 0.3) is 0 Å². The Morgan fingerprint density at radius 3 is 1.12 bits per heavy atom. The lowest BCUT2D eigenvalue weighted by molar-refractivity contribution is -0.216. The fourth-order valence-electron chi connectivity index (χ4n) is 23.1. The van der Waals surface area contributed by atoms with Gasteiger partial charge < -0.3 is 29.8 Å². The van der Waals surface area contributed by atoms with Gasteiger partial charge in [-0.15, -0.1) is 0 Å². The first-order valence-corrected chi connectivity index (χ1v) is 29.8. The third kappa shape index (κ3) is 7.23. The predicted octanol–water partition coefficient (Wildman–Crippen LogP) is 11.3. The van der Waals surface area contributed by atoms with Crippen LogP contribution >= 0.6 is 0 Å². The predicted molar refractivity (Wildman–Crippen MR) is 253 cm³/mol. The monoisotopic (exact) mass is 908 g/mol. The highest BCUT2D eigenvalue weighted by molar-refractivity contribution is 5.70. The van der Waals surface area contributed by atoms with E-state index in [1.54, 1.807) is 12.8 Å². The topological polar surface area (TPSA) is 100 Å². The van der Waals surface area contributed by atoms with Crippen LogP contribution in [0.5, 0.6) is 0 Å².